The molecule has 0 aliphatic heterocycles. The Bertz CT molecular complexity index is 659. The van der Waals surface area contributed by atoms with Crippen LogP contribution in [0.2, 0.25) is 5.02 Å². The van der Waals surface area contributed by atoms with E-state index in [1.165, 1.54) is 29.5 Å². The van der Waals surface area contributed by atoms with Gasteiger partial charge in [0, 0.05) is 16.2 Å². The fourth-order valence-corrected chi connectivity index (χ4v) is 3.01. The smallest absolute Gasteiger partial charge is 0.289 e. The summed E-state index contributed by atoms with van der Waals surface area (Å²) in [5.74, 6) is -0.335. The van der Waals surface area contributed by atoms with E-state index in [1.807, 2.05) is 0 Å². The molecule has 0 saturated carbocycles. The van der Waals surface area contributed by atoms with Crippen molar-refractivity contribution in [2.45, 2.75) is 0 Å². The van der Waals surface area contributed by atoms with E-state index >= 15 is 0 Å². The number of thiophene rings is 1. The van der Waals surface area contributed by atoms with Gasteiger partial charge in [0.15, 0.2) is 0 Å². The molecule has 1 aromatic heterocycles. The van der Waals surface area contributed by atoms with Crippen molar-refractivity contribution in [3.05, 3.63) is 54.1 Å². The van der Waals surface area contributed by atoms with Gasteiger partial charge in [-0.3, -0.25) is 14.9 Å². The van der Waals surface area contributed by atoms with Crippen molar-refractivity contribution in [1.82, 2.24) is 0 Å². The van der Waals surface area contributed by atoms with Crippen LogP contribution in [0.3, 0.4) is 0 Å². The zero-order chi connectivity index (χ0) is 14.0. The minimum absolute atomic E-state index is 0.0281. The van der Waals surface area contributed by atoms with Crippen LogP contribution in [-0.2, 0) is 0 Å². The summed E-state index contributed by atoms with van der Waals surface area (Å²) in [6, 6.07) is 5.86. The maximum absolute atomic E-state index is 11.9. The maximum atomic E-state index is 11.9. The van der Waals surface area contributed by atoms with Gasteiger partial charge in [-0.15, -0.1) is 11.3 Å². The van der Waals surface area contributed by atoms with Gasteiger partial charge in [0.05, 0.1) is 4.92 Å². The van der Waals surface area contributed by atoms with Gasteiger partial charge in [-0.25, -0.2) is 0 Å². The van der Waals surface area contributed by atoms with Gasteiger partial charge < -0.3 is 5.32 Å². The van der Waals surface area contributed by atoms with E-state index in [-0.39, 0.29) is 16.6 Å². The van der Waals surface area contributed by atoms with Crippen LogP contribution >= 0.6 is 38.9 Å². The lowest BCUT2D eigenvalue weighted by Crippen LogP contribution is -2.10. The Balaban J connectivity index is 2.25. The Morgan fingerprint density at radius 3 is 2.74 bits per heavy atom. The lowest BCUT2D eigenvalue weighted by molar-refractivity contribution is -0.384. The number of nitrogens with one attached hydrogen (secondary N) is 1. The van der Waals surface area contributed by atoms with Crippen molar-refractivity contribution >= 4 is 56.1 Å². The van der Waals surface area contributed by atoms with Gasteiger partial charge in [0.2, 0.25) is 0 Å². The number of nitrogens with zero attached hydrogens (tertiary/aromatic N) is 1. The van der Waals surface area contributed by atoms with Gasteiger partial charge >= 0.3 is 0 Å². The molecule has 1 N–H and O–H groups in total. The van der Waals surface area contributed by atoms with Gasteiger partial charge in [-0.2, -0.15) is 0 Å². The molecular weight excluding hydrogens is 356 g/mol. The molecule has 0 saturated heterocycles. The minimum Gasteiger partial charge on any atom is -0.321 e. The van der Waals surface area contributed by atoms with Crippen molar-refractivity contribution in [2.24, 2.45) is 0 Å². The Morgan fingerprint density at radius 2 is 2.16 bits per heavy atom. The predicted octanol–water partition coefficient (Wildman–Crippen LogP) is 4.32. The van der Waals surface area contributed by atoms with Crippen LogP contribution in [0.4, 0.5) is 11.4 Å². The molecule has 1 amide bonds. The quantitative estimate of drug-likeness (QED) is 0.653. The summed E-state index contributed by atoms with van der Waals surface area (Å²) in [5.41, 5.74) is 0.0751. The number of halogens is 2. The van der Waals surface area contributed by atoms with Crippen molar-refractivity contribution < 1.29 is 9.72 Å². The molecular formula is C11H6BrClN2O3S. The number of hydrogen-bond donors (Lipinski definition) is 1. The van der Waals surface area contributed by atoms with E-state index in [1.54, 1.807) is 11.4 Å². The second-order valence-corrected chi connectivity index (χ2v) is 5.65. The lowest BCUT2D eigenvalue weighted by Gasteiger charge is -2.04. The fraction of sp³-hybridized carbons (Fsp3) is 0. The number of amides is 1. The van der Waals surface area contributed by atoms with Crippen LogP contribution in [-0.4, -0.2) is 10.8 Å². The molecule has 0 atom stereocenters. The van der Waals surface area contributed by atoms with Crippen LogP contribution in [0.1, 0.15) is 9.67 Å². The summed E-state index contributed by atoms with van der Waals surface area (Å²) in [6.45, 7) is 0. The number of carbonyl (C=O) groups excluding carboxylic acids is 1. The van der Waals surface area contributed by atoms with Crippen LogP contribution < -0.4 is 5.32 Å². The van der Waals surface area contributed by atoms with Crippen molar-refractivity contribution in [3.8, 4) is 0 Å². The molecule has 2 rings (SSSR count). The highest BCUT2D eigenvalue weighted by Gasteiger charge is 2.16. The zero-order valence-electron chi connectivity index (χ0n) is 9.22. The van der Waals surface area contributed by atoms with E-state index in [2.05, 4.69) is 21.2 Å². The molecule has 19 heavy (non-hydrogen) atoms. The number of hydrogen-bond acceptors (Lipinski definition) is 4. The molecule has 0 radical (unpaired) electrons. The minimum atomic E-state index is -0.598. The highest BCUT2D eigenvalue weighted by atomic mass is 79.9. The Hall–Kier alpha value is -1.44. The normalized spacial score (nSPS) is 10.2. The van der Waals surface area contributed by atoms with E-state index in [0.29, 0.717) is 15.0 Å². The molecule has 98 valence electrons. The number of carbonyl (C=O) groups is 1. The van der Waals surface area contributed by atoms with Gasteiger partial charge in [0.1, 0.15) is 9.90 Å². The first kappa shape index (κ1) is 14.0. The summed E-state index contributed by atoms with van der Waals surface area (Å²) in [5, 5.41) is 15.1. The van der Waals surface area contributed by atoms with E-state index in [4.69, 9.17) is 11.6 Å². The topological polar surface area (TPSA) is 72.2 Å². The third kappa shape index (κ3) is 3.12. The number of anilines is 1. The molecule has 0 aliphatic rings. The summed E-state index contributed by atoms with van der Waals surface area (Å²) in [6.07, 6.45) is 0. The van der Waals surface area contributed by atoms with E-state index in [9.17, 15) is 14.9 Å². The average molecular weight is 362 g/mol. The van der Waals surface area contributed by atoms with Gasteiger partial charge in [-0.1, -0.05) is 11.6 Å². The first-order chi connectivity index (χ1) is 8.99. The molecule has 0 fully saturated rings. The van der Waals surface area contributed by atoms with Crippen LogP contribution in [0.15, 0.2) is 34.1 Å². The summed E-state index contributed by atoms with van der Waals surface area (Å²) >= 11 is 10.2. The monoisotopic (exact) mass is 360 g/mol. The van der Waals surface area contributed by atoms with E-state index in [0.717, 1.165) is 0 Å². The highest BCUT2D eigenvalue weighted by molar-refractivity contribution is 9.10. The fourth-order valence-electron chi connectivity index (χ4n) is 1.37. The van der Waals surface area contributed by atoms with Crippen molar-refractivity contribution in [1.29, 1.82) is 0 Å². The molecule has 0 unspecified atom stereocenters. The summed E-state index contributed by atoms with van der Waals surface area (Å²) < 4.78 is 0.679. The summed E-state index contributed by atoms with van der Waals surface area (Å²) in [4.78, 5) is 22.6. The van der Waals surface area contributed by atoms with Gasteiger partial charge in [-0.05, 0) is 39.5 Å². The number of nitro groups is 1. The standard InChI is InChI=1S/C11H6BrClN2O3S/c12-7-3-4-19-10(7)11(16)14-6-1-2-8(13)9(5-6)15(17)18/h1-5H,(H,14,16). The van der Waals surface area contributed by atoms with Crippen LogP contribution in [0.5, 0.6) is 0 Å². The molecule has 0 spiro atoms. The highest BCUT2D eigenvalue weighted by Crippen LogP contribution is 2.28. The first-order valence-corrected chi connectivity index (χ1v) is 7.02. The third-order valence-electron chi connectivity index (χ3n) is 2.22. The first-order valence-electron chi connectivity index (χ1n) is 4.97. The van der Waals surface area contributed by atoms with Crippen LogP contribution in [0, 0.1) is 10.1 Å². The SMILES string of the molecule is O=C(Nc1ccc(Cl)c([N+](=O)[O-])c1)c1sccc1Br. The Kier molecular flexibility index (Phi) is 4.18. The summed E-state index contributed by atoms with van der Waals surface area (Å²) in [7, 11) is 0. The Morgan fingerprint density at radius 1 is 1.42 bits per heavy atom. The average Bonchev–Trinajstić information content (AvgIpc) is 2.77. The molecule has 5 nitrogen and oxygen atoms in total. The van der Waals surface area contributed by atoms with Crippen LogP contribution in [0.25, 0.3) is 0 Å². The number of benzene rings is 1. The number of rotatable bonds is 3. The van der Waals surface area contributed by atoms with E-state index < -0.39 is 4.92 Å². The second-order valence-electron chi connectivity index (χ2n) is 3.48. The lowest BCUT2D eigenvalue weighted by atomic mass is 10.2. The molecule has 2 aromatic rings. The molecule has 1 heterocycles. The molecule has 8 heteroatoms. The molecule has 1 aromatic carbocycles. The number of nitro benzene ring substituents is 1. The van der Waals surface area contributed by atoms with Gasteiger partial charge in [0.25, 0.3) is 11.6 Å². The molecule has 0 aliphatic carbocycles. The maximum Gasteiger partial charge on any atom is 0.289 e. The Labute approximate surface area is 125 Å². The van der Waals surface area contributed by atoms with Crippen molar-refractivity contribution in [3.63, 3.8) is 0 Å². The predicted molar refractivity (Wildman–Crippen MR) is 78.1 cm³/mol. The van der Waals surface area contributed by atoms with Crippen molar-refractivity contribution in [2.75, 3.05) is 5.32 Å². The largest absolute Gasteiger partial charge is 0.321 e. The zero-order valence-corrected chi connectivity index (χ0v) is 12.4. The molecule has 0 bridgehead atoms. The third-order valence-corrected chi connectivity index (χ3v) is 4.38. The second kappa shape index (κ2) is 5.68.